The van der Waals surface area contributed by atoms with Gasteiger partial charge in [0.15, 0.2) is 17.0 Å². The van der Waals surface area contributed by atoms with E-state index in [1.807, 2.05) is 26.8 Å². The number of ether oxygens (including phenoxy) is 1. The number of fused-ring (bicyclic) bond motifs is 3. The van der Waals surface area contributed by atoms with Crippen molar-refractivity contribution in [2.45, 2.75) is 83.0 Å². The van der Waals surface area contributed by atoms with Gasteiger partial charge in [0.2, 0.25) is 5.78 Å². The van der Waals surface area contributed by atoms with E-state index in [2.05, 4.69) is 6.58 Å². The molecule has 0 unspecified atom stereocenters. The molecule has 5 N–H and O–H groups in total. The molecule has 0 saturated heterocycles. The smallest absolute Gasteiger partial charge is 0.202 e. The van der Waals surface area contributed by atoms with E-state index in [4.69, 9.17) is 9.15 Å². The van der Waals surface area contributed by atoms with Crippen LogP contribution in [-0.4, -0.2) is 62.0 Å². The highest BCUT2D eigenvalue weighted by Gasteiger charge is 2.68. The van der Waals surface area contributed by atoms with E-state index in [0.29, 0.717) is 18.4 Å². The molecule has 0 bridgehead atoms. The summed E-state index contributed by atoms with van der Waals surface area (Å²) in [7, 11) is 1.29. The molecule has 46 heavy (non-hydrogen) atoms. The third-order valence-electron chi connectivity index (χ3n) is 11.9. The Morgan fingerprint density at radius 3 is 2.43 bits per heavy atom. The molecule has 1 aromatic carbocycles. The number of phenols is 2. The maximum atomic E-state index is 14.6. The van der Waals surface area contributed by atoms with Crippen LogP contribution in [0.5, 0.6) is 11.5 Å². The van der Waals surface area contributed by atoms with Crippen molar-refractivity contribution in [2.75, 3.05) is 7.11 Å². The van der Waals surface area contributed by atoms with Gasteiger partial charge < -0.3 is 34.7 Å². The van der Waals surface area contributed by atoms with E-state index in [9.17, 15) is 39.9 Å². The number of aliphatic hydroxyl groups is 3. The summed E-state index contributed by atoms with van der Waals surface area (Å²) in [4.78, 5) is 42.2. The minimum atomic E-state index is -1.85. The van der Waals surface area contributed by atoms with Gasteiger partial charge in [-0.2, -0.15) is 0 Å². The summed E-state index contributed by atoms with van der Waals surface area (Å²) in [5.41, 5.74) is -5.16. The number of hydrogen-bond donors (Lipinski definition) is 5. The second-order valence-electron chi connectivity index (χ2n) is 14.8. The summed E-state index contributed by atoms with van der Waals surface area (Å²) >= 11 is 0. The zero-order chi connectivity index (χ0) is 33.7. The van der Waals surface area contributed by atoms with Crippen LogP contribution in [0.1, 0.15) is 65.6 Å². The fourth-order valence-electron chi connectivity index (χ4n) is 9.80. The highest BCUT2D eigenvalue weighted by molar-refractivity contribution is 6.14. The maximum Gasteiger partial charge on any atom is 0.202 e. The Kier molecular flexibility index (Phi) is 7.28. The molecule has 10 nitrogen and oxygen atoms in total. The Labute approximate surface area is 266 Å². The predicted molar refractivity (Wildman–Crippen MR) is 168 cm³/mol. The zero-order valence-corrected chi connectivity index (χ0v) is 26.8. The molecule has 8 atom stereocenters. The summed E-state index contributed by atoms with van der Waals surface area (Å²) in [5.74, 6) is -4.51. The molecule has 0 radical (unpaired) electrons. The number of benzene rings is 1. The van der Waals surface area contributed by atoms with E-state index >= 15 is 0 Å². The Hall–Kier alpha value is -3.73. The normalized spacial score (nSPS) is 37.3. The molecular formula is C36H42O10. The van der Waals surface area contributed by atoms with E-state index < -0.39 is 68.6 Å². The first-order valence-corrected chi connectivity index (χ1v) is 15.7. The van der Waals surface area contributed by atoms with E-state index in [1.54, 1.807) is 6.92 Å². The third kappa shape index (κ3) is 4.22. The lowest BCUT2D eigenvalue weighted by Gasteiger charge is -2.64. The number of aromatic hydroxyl groups is 2. The summed E-state index contributed by atoms with van der Waals surface area (Å²) in [6, 6.07) is 3.26. The van der Waals surface area contributed by atoms with Gasteiger partial charge in [-0.1, -0.05) is 39.0 Å². The molecule has 246 valence electrons. The largest absolute Gasteiger partial charge is 0.508 e. The Morgan fingerprint density at radius 2 is 1.76 bits per heavy atom. The van der Waals surface area contributed by atoms with Crippen molar-refractivity contribution >= 4 is 22.5 Å². The van der Waals surface area contributed by atoms with Crippen LogP contribution in [0.3, 0.4) is 0 Å². The average Bonchev–Trinajstić information content (AvgIpc) is 2.95. The fraction of sp³-hybridized carbons (Fsp3) is 0.528. The number of allylic oxidation sites excluding steroid dienone is 4. The molecule has 4 aliphatic rings. The van der Waals surface area contributed by atoms with Crippen LogP contribution in [0.4, 0.5) is 0 Å². The van der Waals surface area contributed by atoms with E-state index in [0.717, 1.165) is 24.3 Å². The Balaban J connectivity index is 1.63. The second kappa shape index (κ2) is 10.4. The number of methoxy groups -OCH3 is 1. The van der Waals surface area contributed by atoms with Crippen LogP contribution in [0.15, 0.2) is 63.0 Å². The number of Topliss-reactive ketones (excluding diaryl/α,β-unsaturated/α-hetero) is 1. The predicted octanol–water partition coefficient (Wildman–Crippen LogP) is 3.95. The third-order valence-corrected chi connectivity index (χ3v) is 11.9. The first-order chi connectivity index (χ1) is 21.4. The van der Waals surface area contributed by atoms with Crippen molar-refractivity contribution in [3.05, 3.63) is 69.8 Å². The van der Waals surface area contributed by atoms with Crippen molar-refractivity contribution in [3.8, 4) is 11.5 Å². The molecule has 0 amide bonds. The standard InChI is InChI=1S/C36H42O10/c1-17-7-8-21-32(43)27(45-6)13-29(42)36(21,30-12-25(41)31-24(40)9-19(37)10-26(31)46-30)22(17)16-35(44)18(2)23(39)11-28-33(3,4)14-20(38)15-34(28,35)5/h7,9-10,12-13,20-23,28,37-40,44H,2,8,11,14-16H2,1,3-6H3/t20-,21-,22+,23-,28-,34-,35+,36-/m0/s1. The number of rotatable bonds is 4. The quantitative estimate of drug-likeness (QED) is 0.310. The van der Waals surface area contributed by atoms with E-state index in [-0.39, 0.29) is 59.0 Å². The van der Waals surface area contributed by atoms with Crippen molar-refractivity contribution in [1.29, 1.82) is 0 Å². The van der Waals surface area contributed by atoms with Crippen molar-refractivity contribution in [1.82, 2.24) is 0 Å². The molecule has 4 aliphatic carbocycles. The average molecular weight is 635 g/mol. The van der Waals surface area contributed by atoms with E-state index in [1.165, 1.54) is 7.11 Å². The molecule has 1 aromatic heterocycles. The molecule has 2 saturated carbocycles. The van der Waals surface area contributed by atoms with Gasteiger partial charge in [0.05, 0.1) is 24.9 Å². The van der Waals surface area contributed by atoms with Crippen LogP contribution in [-0.2, 0) is 19.7 Å². The maximum absolute atomic E-state index is 14.6. The number of hydrogen-bond acceptors (Lipinski definition) is 10. The molecule has 10 heteroatoms. The molecule has 6 rings (SSSR count). The lowest BCUT2D eigenvalue weighted by atomic mass is 9.42. The minimum absolute atomic E-state index is 0.105. The molecule has 0 aliphatic heterocycles. The number of carbonyl (C=O) groups is 2. The van der Waals surface area contributed by atoms with Gasteiger partial charge in [-0.25, -0.2) is 0 Å². The number of aliphatic hydroxyl groups excluding tert-OH is 2. The monoisotopic (exact) mass is 634 g/mol. The number of phenolic OH excluding ortho intramolecular Hbond substituents is 2. The lowest BCUT2D eigenvalue weighted by molar-refractivity contribution is -0.203. The van der Waals surface area contributed by atoms with Gasteiger partial charge in [0.25, 0.3) is 0 Å². The molecule has 2 aromatic rings. The van der Waals surface area contributed by atoms with Crippen LogP contribution in [0.25, 0.3) is 11.0 Å². The zero-order valence-electron chi connectivity index (χ0n) is 26.8. The van der Waals surface area contributed by atoms with Gasteiger partial charge in [-0.3, -0.25) is 14.4 Å². The van der Waals surface area contributed by atoms with Crippen molar-refractivity contribution < 1.29 is 44.3 Å². The van der Waals surface area contributed by atoms with Gasteiger partial charge in [-0.05, 0) is 55.9 Å². The molecular weight excluding hydrogens is 592 g/mol. The Morgan fingerprint density at radius 1 is 1.07 bits per heavy atom. The van der Waals surface area contributed by atoms with Gasteiger partial charge >= 0.3 is 0 Å². The Bertz CT molecular complexity index is 1800. The van der Waals surface area contributed by atoms with Gasteiger partial charge in [0.1, 0.15) is 33.6 Å². The number of ketones is 2. The van der Waals surface area contributed by atoms with Crippen LogP contribution in [0.2, 0.25) is 0 Å². The molecule has 2 fully saturated rings. The highest BCUT2D eigenvalue weighted by atomic mass is 16.5. The van der Waals surface area contributed by atoms with Crippen LogP contribution in [0, 0.1) is 28.6 Å². The fourth-order valence-corrected chi connectivity index (χ4v) is 9.80. The molecule has 1 heterocycles. The SMILES string of the molecule is C=C1[C@@H](O)C[C@H]2C(C)(C)C[C@H](O)C[C@]2(C)[C@@]1(O)C[C@@H]1C(C)=CC[C@H]2C(=O)C(OC)=CC(=O)[C@@]12c1cc(=O)c2c(O)cc(O)cc2o1. The van der Waals surface area contributed by atoms with Crippen LogP contribution >= 0.6 is 0 Å². The summed E-state index contributed by atoms with van der Waals surface area (Å²) < 4.78 is 11.5. The van der Waals surface area contributed by atoms with Crippen LogP contribution < -0.4 is 5.43 Å². The summed E-state index contributed by atoms with van der Waals surface area (Å²) in [6.07, 6.45) is 2.10. The van der Waals surface area contributed by atoms with Gasteiger partial charge in [0, 0.05) is 41.5 Å². The first-order valence-electron chi connectivity index (χ1n) is 15.7. The molecule has 0 spiro atoms. The van der Waals surface area contributed by atoms with Crippen molar-refractivity contribution in [3.63, 3.8) is 0 Å². The first kappa shape index (κ1) is 32.2. The van der Waals surface area contributed by atoms with Gasteiger partial charge in [-0.15, -0.1) is 0 Å². The number of carbonyl (C=O) groups excluding carboxylic acids is 2. The van der Waals surface area contributed by atoms with Crippen molar-refractivity contribution in [2.24, 2.45) is 28.6 Å². The minimum Gasteiger partial charge on any atom is -0.508 e. The summed E-state index contributed by atoms with van der Waals surface area (Å²) in [6.45, 7) is 11.9. The second-order valence-corrected chi connectivity index (χ2v) is 14.8. The highest BCUT2D eigenvalue weighted by Crippen LogP contribution is 2.65. The topological polar surface area (TPSA) is 175 Å². The lowest BCUT2D eigenvalue weighted by Crippen LogP contribution is -2.67. The summed E-state index contributed by atoms with van der Waals surface area (Å²) in [5, 5.41) is 55.9.